The molecule has 5 heteroatoms. The number of ether oxygens (including phenoxy) is 3. The number of nitrogens with zero attached hydrogens (tertiary/aromatic N) is 1. The SMILES string of the molecule is CC(C)(COCc1ccccc1)C(=O)N1CCOC2(CCOC2)C1. The van der Waals surface area contributed by atoms with E-state index >= 15 is 0 Å². The van der Waals surface area contributed by atoms with Gasteiger partial charge in [-0.3, -0.25) is 4.79 Å². The molecule has 2 heterocycles. The zero-order chi connectivity index (χ0) is 17.0. The highest BCUT2D eigenvalue weighted by Crippen LogP contribution is 2.30. The Morgan fingerprint density at radius 1 is 1.29 bits per heavy atom. The molecule has 1 amide bonds. The van der Waals surface area contributed by atoms with Gasteiger partial charge in [0.1, 0.15) is 5.60 Å². The minimum absolute atomic E-state index is 0.130. The number of hydrogen-bond donors (Lipinski definition) is 0. The number of amides is 1. The second-order valence-corrected chi connectivity index (χ2v) is 7.42. The van der Waals surface area contributed by atoms with E-state index in [0.717, 1.165) is 12.0 Å². The summed E-state index contributed by atoms with van der Waals surface area (Å²) >= 11 is 0. The molecule has 1 atom stereocenters. The van der Waals surface area contributed by atoms with Crippen LogP contribution >= 0.6 is 0 Å². The van der Waals surface area contributed by atoms with E-state index in [-0.39, 0.29) is 11.5 Å². The van der Waals surface area contributed by atoms with Crippen LogP contribution in [-0.4, -0.2) is 55.9 Å². The van der Waals surface area contributed by atoms with Crippen molar-refractivity contribution < 1.29 is 19.0 Å². The van der Waals surface area contributed by atoms with Gasteiger partial charge in [-0.05, 0) is 19.4 Å². The first-order valence-corrected chi connectivity index (χ1v) is 8.64. The summed E-state index contributed by atoms with van der Waals surface area (Å²) < 4.78 is 17.2. The number of rotatable bonds is 5. The van der Waals surface area contributed by atoms with E-state index in [1.54, 1.807) is 0 Å². The van der Waals surface area contributed by atoms with E-state index < -0.39 is 5.41 Å². The van der Waals surface area contributed by atoms with Crippen molar-refractivity contribution in [2.75, 3.05) is 39.5 Å². The Balaban J connectivity index is 1.54. The lowest BCUT2D eigenvalue weighted by Crippen LogP contribution is -2.57. The largest absolute Gasteiger partial charge is 0.378 e. The van der Waals surface area contributed by atoms with Crippen molar-refractivity contribution >= 4 is 5.91 Å². The molecular weight excluding hydrogens is 306 g/mol. The highest BCUT2D eigenvalue weighted by atomic mass is 16.6. The van der Waals surface area contributed by atoms with Crippen LogP contribution in [0.15, 0.2) is 30.3 Å². The summed E-state index contributed by atoms with van der Waals surface area (Å²) in [6.45, 7) is 7.97. The van der Waals surface area contributed by atoms with Gasteiger partial charge in [-0.15, -0.1) is 0 Å². The van der Waals surface area contributed by atoms with E-state index in [4.69, 9.17) is 14.2 Å². The molecule has 3 rings (SSSR count). The molecule has 2 aliphatic rings. The third-order valence-corrected chi connectivity index (χ3v) is 4.76. The van der Waals surface area contributed by atoms with Crippen molar-refractivity contribution in [1.82, 2.24) is 4.90 Å². The Morgan fingerprint density at radius 3 is 2.79 bits per heavy atom. The summed E-state index contributed by atoms with van der Waals surface area (Å²) in [6.07, 6.45) is 0.863. The van der Waals surface area contributed by atoms with Crippen molar-refractivity contribution in [3.05, 3.63) is 35.9 Å². The molecule has 132 valence electrons. The maximum atomic E-state index is 13.0. The van der Waals surface area contributed by atoms with Crippen molar-refractivity contribution in [1.29, 1.82) is 0 Å². The van der Waals surface area contributed by atoms with Crippen LogP contribution in [0.2, 0.25) is 0 Å². The highest BCUT2D eigenvalue weighted by Gasteiger charge is 2.44. The maximum Gasteiger partial charge on any atom is 0.230 e. The average Bonchev–Trinajstić information content (AvgIpc) is 3.02. The first kappa shape index (κ1) is 17.4. The van der Waals surface area contributed by atoms with Gasteiger partial charge in [0.15, 0.2) is 0 Å². The fraction of sp³-hybridized carbons (Fsp3) is 0.632. The Kier molecular flexibility index (Phi) is 5.23. The zero-order valence-corrected chi connectivity index (χ0v) is 14.6. The van der Waals surface area contributed by atoms with Gasteiger partial charge in [0.25, 0.3) is 0 Å². The second kappa shape index (κ2) is 7.21. The molecule has 0 bridgehead atoms. The molecule has 1 aromatic rings. The van der Waals surface area contributed by atoms with E-state index in [1.807, 2.05) is 49.1 Å². The Morgan fingerprint density at radius 2 is 2.08 bits per heavy atom. The minimum Gasteiger partial charge on any atom is -0.378 e. The van der Waals surface area contributed by atoms with Crippen LogP contribution in [-0.2, 0) is 25.6 Å². The van der Waals surface area contributed by atoms with Gasteiger partial charge >= 0.3 is 0 Å². The van der Waals surface area contributed by atoms with Crippen molar-refractivity contribution in [2.24, 2.45) is 5.41 Å². The third kappa shape index (κ3) is 3.97. The van der Waals surface area contributed by atoms with Gasteiger partial charge in [-0.25, -0.2) is 0 Å². The lowest BCUT2D eigenvalue weighted by Gasteiger charge is -2.42. The van der Waals surface area contributed by atoms with Crippen molar-refractivity contribution in [3.8, 4) is 0 Å². The fourth-order valence-electron chi connectivity index (χ4n) is 3.33. The lowest BCUT2D eigenvalue weighted by molar-refractivity contribution is -0.161. The number of morpholine rings is 1. The van der Waals surface area contributed by atoms with Crippen molar-refractivity contribution in [2.45, 2.75) is 32.5 Å². The summed E-state index contributed by atoms with van der Waals surface area (Å²) in [5.74, 6) is 0.130. The topological polar surface area (TPSA) is 48.0 Å². The molecule has 0 aromatic heterocycles. The van der Waals surface area contributed by atoms with E-state index in [2.05, 4.69) is 0 Å². The van der Waals surface area contributed by atoms with Crippen LogP contribution in [0.3, 0.4) is 0 Å². The normalized spacial score (nSPS) is 24.5. The van der Waals surface area contributed by atoms with Crippen LogP contribution < -0.4 is 0 Å². The van der Waals surface area contributed by atoms with Crippen LogP contribution in [0, 0.1) is 5.41 Å². The van der Waals surface area contributed by atoms with Gasteiger partial charge in [0.05, 0.1) is 38.4 Å². The van der Waals surface area contributed by atoms with Crippen LogP contribution in [0.5, 0.6) is 0 Å². The van der Waals surface area contributed by atoms with Crippen LogP contribution in [0.4, 0.5) is 0 Å². The molecule has 0 aliphatic carbocycles. The van der Waals surface area contributed by atoms with E-state index in [1.165, 1.54) is 0 Å². The van der Waals surface area contributed by atoms with E-state index in [0.29, 0.717) is 46.1 Å². The minimum atomic E-state index is -0.549. The zero-order valence-electron chi connectivity index (χ0n) is 14.6. The standard InChI is InChI=1S/C19H27NO4/c1-18(2,14-23-12-16-6-4-3-5-7-16)17(21)20-9-11-24-19(13-20)8-10-22-15-19/h3-7H,8-15H2,1-2H3. The molecule has 5 nitrogen and oxygen atoms in total. The summed E-state index contributed by atoms with van der Waals surface area (Å²) in [7, 11) is 0. The summed E-state index contributed by atoms with van der Waals surface area (Å²) in [5.41, 5.74) is 0.274. The van der Waals surface area contributed by atoms with Crippen LogP contribution in [0.25, 0.3) is 0 Å². The average molecular weight is 333 g/mol. The Hall–Kier alpha value is -1.43. The third-order valence-electron chi connectivity index (χ3n) is 4.76. The molecule has 24 heavy (non-hydrogen) atoms. The van der Waals surface area contributed by atoms with Gasteiger partial charge in [-0.1, -0.05) is 30.3 Å². The predicted octanol–water partition coefficient (Wildman–Crippen LogP) is 2.25. The second-order valence-electron chi connectivity index (χ2n) is 7.42. The van der Waals surface area contributed by atoms with Crippen LogP contribution in [0.1, 0.15) is 25.8 Å². The number of hydrogen-bond acceptors (Lipinski definition) is 4. The molecule has 0 saturated carbocycles. The fourth-order valence-corrected chi connectivity index (χ4v) is 3.33. The number of carbonyl (C=O) groups is 1. The molecule has 2 fully saturated rings. The number of benzene rings is 1. The lowest BCUT2D eigenvalue weighted by atomic mass is 9.91. The molecular formula is C19H27NO4. The molecule has 0 N–H and O–H groups in total. The summed E-state index contributed by atoms with van der Waals surface area (Å²) in [6, 6.07) is 10.0. The number of carbonyl (C=O) groups excluding carboxylic acids is 1. The van der Waals surface area contributed by atoms with Gasteiger partial charge in [-0.2, -0.15) is 0 Å². The highest BCUT2D eigenvalue weighted by molar-refractivity contribution is 5.82. The van der Waals surface area contributed by atoms with Gasteiger partial charge < -0.3 is 19.1 Å². The smallest absolute Gasteiger partial charge is 0.230 e. The summed E-state index contributed by atoms with van der Waals surface area (Å²) in [4.78, 5) is 14.9. The quantitative estimate of drug-likeness (QED) is 0.829. The summed E-state index contributed by atoms with van der Waals surface area (Å²) in [5, 5.41) is 0. The maximum absolute atomic E-state index is 13.0. The Bertz CT molecular complexity index is 552. The predicted molar refractivity (Wildman–Crippen MR) is 90.6 cm³/mol. The molecule has 2 saturated heterocycles. The molecule has 2 aliphatic heterocycles. The van der Waals surface area contributed by atoms with Crippen molar-refractivity contribution in [3.63, 3.8) is 0 Å². The molecule has 1 unspecified atom stereocenters. The first-order valence-electron chi connectivity index (χ1n) is 8.64. The Labute approximate surface area is 143 Å². The molecule has 1 aromatic carbocycles. The van der Waals surface area contributed by atoms with Gasteiger partial charge in [0.2, 0.25) is 5.91 Å². The van der Waals surface area contributed by atoms with Gasteiger partial charge in [0, 0.05) is 19.6 Å². The molecule has 0 radical (unpaired) electrons. The monoisotopic (exact) mass is 333 g/mol. The van der Waals surface area contributed by atoms with E-state index in [9.17, 15) is 4.79 Å². The molecule has 1 spiro atoms. The first-order chi connectivity index (χ1) is 11.5.